The van der Waals surface area contributed by atoms with Crippen LogP contribution in [0.4, 0.5) is 0 Å². The molecular formula is C8H10BrNO2S. The van der Waals surface area contributed by atoms with Crippen LogP contribution in [0.1, 0.15) is 10.8 Å². The molecular weight excluding hydrogens is 254 g/mol. The van der Waals surface area contributed by atoms with Gasteiger partial charge in [0.05, 0.1) is 10.9 Å². The molecule has 2 N–H and O–H groups in total. The van der Waals surface area contributed by atoms with E-state index < -0.39 is 0 Å². The largest absolute Gasteiger partial charge is 0.468 e. The third-order valence-corrected chi connectivity index (χ3v) is 3.40. The van der Waals surface area contributed by atoms with Crippen LogP contribution in [0, 0.1) is 0 Å². The molecule has 0 spiro atoms. The number of methoxy groups -OCH3 is 1. The van der Waals surface area contributed by atoms with Crippen LogP contribution in [-0.4, -0.2) is 19.6 Å². The molecule has 1 atom stereocenters. The van der Waals surface area contributed by atoms with Gasteiger partial charge in [0.25, 0.3) is 0 Å². The van der Waals surface area contributed by atoms with Crippen molar-refractivity contribution in [1.82, 2.24) is 0 Å². The fourth-order valence-corrected chi connectivity index (χ4v) is 2.51. The van der Waals surface area contributed by atoms with Gasteiger partial charge in [-0.1, -0.05) is 0 Å². The van der Waals surface area contributed by atoms with E-state index in [1.165, 1.54) is 18.4 Å². The average Bonchev–Trinajstić information content (AvgIpc) is 2.53. The normalized spacial score (nSPS) is 12.5. The van der Waals surface area contributed by atoms with Crippen LogP contribution >= 0.6 is 27.3 Å². The predicted octanol–water partition coefficient (Wildman–Crippen LogP) is 1.73. The Kier molecular flexibility index (Phi) is 3.90. The molecule has 13 heavy (non-hydrogen) atoms. The smallest absolute Gasteiger partial charge is 0.315 e. The summed E-state index contributed by atoms with van der Waals surface area (Å²) in [6.45, 7) is 0.277. The van der Waals surface area contributed by atoms with E-state index in [1.54, 1.807) is 0 Å². The van der Waals surface area contributed by atoms with Gasteiger partial charge in [0.1, 0.15) is 5.92 Å². The minimum absolute atomic E-state index is 0.277. The Morgan fingerprint density at radius 3 is 2.85 bits per heavy atom. The first kappa shape index (κ1) is 10.7. The summed E-state index contributed by atoms with van der Waals surface area (Å²) < 4.78 is 5.63. The maximum Gasteiger partial charge on any atom is 0.315 e. The first-order valence-corrected chi connectivity index (χ1v) is 5.33. The van der Waals surface area contributed by atoms with E-state index in [1.807, 2.05) is 12.1 Å². The number of hydrogen-bond acceptors (Lipinski definition) is 4. The fraction of sp³-hybridized carbons (Fsp3) is 0.375. The molecule has 1 heterocycles. The Morgan fingerprint density at radius 2 is 2.46 bits per heavy atom. The van der Waals surface area contributed by atoms with Crippen LogP contribution in [0.3, 0.4) is 0 Å². The third kappa shape index (κ3) is 2.52. The quantitative estimate of drug-likeness (QED) is 0.846. The van der Waals surface area contributed by atoms with E-state index in [2.05, 4.69) is 20.7 Å². The van der Waals surface area contributed by atoms with Gasteiger partial charge in [-0.3, -0.25) is 4.79 Å². The van der Waals surface area contributed by atoms with Crippen molar-refractivity contribution in [2.45, 2.75) is 5.92 Å². The lowest BCUT2D eigenvalue weighted by atomic mass is 10.1. The fourth-order valence-electron chi connectivity index (χ4n) is 0.986. The maximum absolute atomic E-state index is 11.2. The third-order valence-electron chi connectivity index (χ3n) is 1.66. The van der Waals surface area contributed by atoms with Gasteiger partial charge in [0.15, 0.2) is 0 Å². The molecule has 0 amide bonds. The van der Waals surface area contributed by atoms with Crippen molar-refractivity contribution in [3.8, 4) is 0 Å². The molecule has 0 aliphatic heterocycles. The molecule has 0 saturated carbocycles. The van der Waals surface area contributed by atoms with Crippen LogP contribution in [0.15, 0.2) is 15.9 Å². The highest BCUT2D eigenvalue weighted by Gasteiger charge is 2.20. The monoisotopic (exact) mass is 263 g/mol. The zero-order chi connectivity index (χ0) is 9.84. The van der Waals surface area contributed by atoms with Crippen LogP contribution in [0.25, 0.3) is 0 Å². The van der Waals surface area contributed by atoms with E-state index in [0.29, 0.717) is 0 Å². The minimum atomic E-state index is -0.332. The number of carbonyl (C=O) groups is 1. The molecule has 5 heteroatoms. The van der Waals surface area contributed by atoms with Crippen molar-refractivity contribution in [3.05, 3.63) is 20.8 Å². The molecule has 0 aliphatic rings. The maximum atomic E-state index is 11.2. The summed E-state index contributed by atoms with van der Waals surface area (Å²) in [5.41, 5.74) is 5.48. The highest BCUT2D eigenvalue weighted by molar-refractivity contribution is 9.11. The zero-order valence-corrected chi connectivity index (χ0v) is 9.52. The van der Waals surface area contributed by atoms with E-state index in [-0.39, 0.29) is 18.4 Å². The van der Waals surface area contributed by atoms with E-state index >= 15 is 0 Å². The molecule has 1 aromatic heterocycles. The number of hydrogen-bond donors (Lipinski definition) is 1. The summed E-state index contributed by atoms with van der Waals surface area (Å²) in [4.78, 5) is 12.2. The van der Waals surface area contributed by atoms with Crippen molar-refractivity contribution in [3.63, 3.8) is 0 Å². The second kappa shape index (κ2) is 4.74. The molecule has 0 aromatic carbocycles. The summed E-state index contributed by atoms with van der Waals surface area (Å²) in [5.74, 6) is -0.613. The lowest BCUT2D eigenvalue weighted by Crippen LogP contribution is -2.21. The van der Waals surface area contributed by atoms with Crippen LogP contribution in [0.2, 0.25) is 0 Å². The van der Waals surface area contributed by atoms with Crippen LogP contribution in [-0.2, 0) is 9.53 Å². The van der Waals surface area contributed by atoms with Gasteiger partial charge in [0.2, 0.25) is 0 Å². The molecule has 72 valence electrons. The number of rotatable bonds is 3. The number of ether oxygens (including phenoxy) is 1. The number of carbonyl (C=O) groups excluding carboxylic acids is 1. The Hall–Kier alpha value is -0.390. The van der Waals surface area contributed by atoms with Crippen molar-refractivity contribution in [2.24, 2.45) is 5.73 Å². The first-order chi connectivity index (χ1) is 6.19. The number of halogens is 1. The van der Waals surface area contributed by atoms with Crippen LogP contribution < -0.4 is 5.73 Å². The van der Waals surface area contributed by atoms with Crippen molar-refractivity contribution < 1.29 is 9.53 Å². The zero-order valence-electron chi connectivity index (χ0n) is 7.12. The number of nitrogens with two attached hydrogens (primary N) is 1. The molecule has 3 nitrogen and oxygen atoms in total. The van der Waals surface area contributed by atoms with Gasteiger partial charge in [-0.2, -0.15) is 0 Å². The molecule has 1 unspecified atom stereocenters. The van der Waals surface area contributed by atoms with Crippen LogP contribution in [0.5, 0.6) is 0 Å². The Labute approximate surface area is 89.0 Å². The van der Waals surface area contributed by atoms with Gasteiger partial charge in [0, 0.05) is 11.4 Å². The lowest BCUT2D eigenvalue weighted by Gasteiger charge is -2.09. The average molecular weight is 264 g/mol. The van der Waals surface area contributed by atoms with Gasteiger partial charge in [-0.15, -0.1) is 11.3 Å². The summed E-state index contributed by atoms with van der Waals surface area (Å²) in [6, 6.07) is 3.77. The highest BCUT2D eigenvalue weighted by atomic mass is 79.9. The number of thiophene rings is 1. The topological polar surface area (TPSA) is 52.3 Å². The molecule has 1 rings (SSSR count). The van der Waals surface area contributed by atoms with Gasteiger partial charge in [-0.25, -0.2) is 0 Å². The van der Waals surface area contributed by atoms with E-state index in [9.17, 15) is 4.79 Å². The number of esters is 1. The highest BCUT2D eigenvalue weighted by Crippen LogP contribution is 2.28. The molecule has 0 saturated heterocycles. The SMILES string of the molecule is COC(=O)C(CN)c1ccc(Br)s1. The molecule has 0 aliphatic carbocycles. The Balaban J connectivity index is 2.84. The summed E-state index contributed by atoms with van der Waals surface area (Å²) in [7, 11) is 1.37. The predicted molar refractivity (Wildman–Crippen MR) is 55.8 cm³/mol. The second-order valence-electron chi connectivity index (χ2n) is 2.45. The van der Waals surface area contributed by atoms with Crippen molar-refractivity contribution in [2.75, 3.05) is 13.7 Å². The lowest BCUT2D eigenvalue weighted by molar-refractivity contribution is -0.142. The van der Waals surface area contributed by atoms with E-state index in [4.69, 9.17) is 5.73 Å². The van der Waals surface area contributed by atoms with Gasteiger partial charge >= 0.3 is 5.97 Å². The van der Waals surface area contributed by atoms with E-state index in [0.717, 1.165) is 8.66 Å². The second-order valence-corrected chi connectivity index (χ2v) is 4.95. The Bertz CT molecular complexity index is 300. The summed E-state index contributed by atoms with van der Waals surface area (Å²) in [5, 5.41) is 0. The van der Waals surface area contributed by atoms with Crippen molar-refractivity contribution >= 4 is 33.2 Å². The van der Waals surface area contributed by atoms with Crippen molar-refractivity contribution in [1.29, 1.82) is 0 Å². The standard InChI is InChI=1S/C8H10BrNO2S/c1-12-8(11)5(4-10)6-2-3-7(9)13-6/h2-3,5H,4,10H2,1H3. The first-order valence-electron chi connectivity index (χ1n) is 3.72. The van der Waals surface area contributed by atoms with Gasteiger partial charge < -0.3 is 10.5 Å². The Morgan fingerprint density at radius 1 is 1.77 bits per heavy atom. The molecule has 0 radical (unpaired) electrons. The minimum Gasteiger partial charge on any atom is -0.468 e. The summed E-state index contributed by atoms with van der Waals surface area (Å²) >= 11 is 4.83. The molecule has 0 bridgehead atoms. The van der Waals surface area contributed by atoms with Gasteiger partial charge in [-0.05, 0) is 28.1 Å². The molecule has 1 aromatic rings. The molecule has 0 fully saturated rings. The summed E-state index contributed by atoms with van der Waals surface area (Å²) in [6.07, 6.45) is 0.